The molecule has 0 radical (unpaired) electrons. The minimum absolute atomic E-state index is 0.0785. The lowest BCUT2D eigenvalue weighted by Crippen LogP contribution is -2.41. The Hall–Kier alpha value is -1.90. The quantitative estimate of drug-likeness (QED) is 0.863. The Labute approximate surface area is 132 Å². The van der Waals surface area contributed by atoms with Crippen LogP contribution in [0.2, 0.25) is 5.02 Å². The van der Waals surface area contributed by atoms with Gasteiger partial charge in [-0.3, -0.25) is 4.79 Å². The standard InChI is InChI=1S/C13H14ClN3O4S/c1-8-7-12(16-21-8)15-13(18)9(2)17-22(19,20)11-6-4-3-5-10(11)14/h3-7,9,17H,1-2H3,(H,15,16,18)/t9-/m1/s1. The number of hydrogen-bond donors (Lipinski definition) is 2. The van der Waals surface area contributed by atoms with Gasteiger partial charge in [0.2, 0.25) is 15.9 Å². The van der Waals surface area contributed by atoms with Gasteiger partial charge < -0.3 is 9.84 Å². The molecule has 1 aromatic heterocycles. The first-order chi connectivity index (χ1) is 10.3. The van der Waals surface area contributed by atoms with Crippen LogP contribution >= 0.6 is 11.6 Å². The Bertz CT molecular complexity index is 788. The molecule has 0 fully saturated rings. The van der Waals surface area contributed by atoms with Gasteiger partial charge in [-0.1, -0.05) is 28.9 Å². The van der Waals surface area contributed by atoms with Crippen LogP contribution in [0.1, 0.15) is 12.7 Å². The summed E-state index contributed by atoms with van der Waals surface area (Å²) in [6.07, 6.45) is 0. The van der Waals surface area contributed by atoms with Gasteiger partial charge in [0.05, 0.1) is 11.1 Å². The molecular weight excluding hydrogens is 330 g/mol. The highest BCUT2D eigenvalue weighted by atomic mass is 35.5. The lowest BCUT2D eigenvalue weighted by atomic mass is 10.3. The Morgan fingerprint density at radius 2 is 2.05 bits per heavy atom. The summed E-state index contributed by atoms with van der Waals surface area (Å²) in [5.41, 5.74) is 0. The predicted molar refractivity (Wildman–Crippen MR) is 81.1 cm³/mol. The molecule has 1 amide bonds. The van der Waals surface area contributed by atoms with Gasteiger partial charge in [0.1, 0.15) is 10.7 Å². The van der Waals surface area contributed by atoms with Crippen LogP contribution in [0.4, 0.5) is 5.82 Å². The van der Waals surface area contributed by atoms with E-state index in [4.69, 9.17) is 16.1 Å². The highest BCUT2D eigenvalue weighted by Gasteiger charge is 2.24. The van der Waals surface area contributed by atoms with Crippen LogP contribution in [0.25, 0.3) is 0 Å². The van der Waals surface area contributed by atoms with E-state index in [2.05, 4.69) is 15.2 Å². The van der Waals surface area contributed by atoms with Gasteiger partial charge in [0.25, 0.3) is 0 Å². The summed E-state index contributed by atoms with van der Waals surface area (Å²) in [7, 11) is -3.91. The Kier molecular flexibility index (Phi) is 4.84. The number of amides is 1. The predicted octanol–water partition coefficient (Wildman–Crippen LogP) is 1.94. The van der Waals surface area contributed by atoms with Crippen LogP contribution in [0.15, 0.2) is 39.8 Å². The van der Waals surface area contributed by atoms with E-state index < -0.39 is 22.0 Å². The molecule has 2 N–H and O–H groups in total. The van der Waals surface area contributed by atoms with Gasteiger partial charge in [-0.25, -0.2) is 8.42 Å². The molecule has 0 aliphatic heterocycles. The normalized spacial score (nSPS) is 12.9. The number of halogens is 1. The molecule has 118 valence electrons. The van der Waals surface area contributed by atoms with Crippen molar-refractivity contribution in [2.24, 2.45) is 0 Å². The minimum atomic E-state index is -3.91. The molecule has 1 heterocycles. The van der Waals surface area contributed by atoms with E-state index in [1.54, 1.807) is 19.1 Å². The third-order valence-corrected chi connectivity index (χ3v) is 4.77. The molecule has 22 heavy (non-hydrogen) atoms. The summed E-state index contributed by atoms with van der Waals surface area (Å²) in [5.74, 6) is 0.176. The zero-order valence-electron chi connectivity index (χ0n) is 11.8. The van der Waals surface area contributed by atoms with Crippen molar-refractivity contribution in [2.45, 2.75) is 24.8 Å². The van der Waals surface area contributed by atoms with E-state index in [0.717, 1.165) is 0 Å². The number of anilines is 1. The number of sulfonamides is 1. The Morgan fingerprint density at radius 1 is 1.36 bits per heavy atom. The van der Waals surface area contributed by atoms with Crippen LogP contribution in [-0.4, -0.2) is 25.5 Å². The van der Waals surface area contributed by atoms with Crippen molar-refractivity contribution in [3.05, 3.63) is 41.1 Å². The largest absolute Gasteiger partial charge is 0.360 e. The van der Waals surface area contributed by atoms with E-state index in [-0.39, 0.29) is 15.7 Å². The lowest BCUT2D eigenvalue weighted by Gasteiger charge is -2.14. The van der Waals surface area contributed by atoms with Crippen LogP contribution in [0, 0.1) is 6.92 Å². The molecule has 1 atom stereocenters. The summed E-state index contributed by atoms with van der Waals surface area (Å²) < 4.78 is 31.5. The third kappa shape index (κ3) is 3.85. The van der Waals surface area contributed by atoms with Gasteiger partial charge in [0, 0.05) is 6.07 Å². The topological polar surface area (TPSA) is 101 Å². The van der Waals surface area contributed by atoms with Crippen LogP contribution in [0.3, 0.4) is 0 Å². The fraction of sp³-hybridized carbons (Fsp3) is 0.231. The first kappa shape index (κ1) is 16.5. The van der Waals surface area contributed by atoms with E-state index >= 15 is 0 Å². The fourth-order valence-electron chi connectivity index (χ4n) is 1.67. The second kappa shape index (κ2) is 6.47. The average Bonchev–Trinajstić information content (AvgIpc) is 2.83. The Balaban J connectivity index is 2.09. The maximum absolute atomic E-state index is 12.2. The van der Waals surface area contributed by atoms with Crippen molar-refractivity contribution in [1.29, 1.82) is 0 Å². The number of carbonyl (C=O) groups excluding carboxylic acids is 1. The smallest absolute Gasteiger partial charge is 0.243 e. The number of nitrogens with one attached hydrogen (secondary N) is 2. The average molecular weight is 344 g/mol. The van der Waals surface area contributed by atoms with Gasteiger partial charge >= 0.3 is 0 Å². The van der Waals surface area contributed by atoms with Crippen LogP contribution in [0.5, 0.6) is 0 Å². The molecule has 2 aromatic rings. The molecule has 0 saturated heterocycles. The van der Waals surface area contributed by atoms with Gasteiger partial charge in [0.15, 0.2) is 5.82 Å². The highest BCUT2D eigenvalue weighted by Crippen LogP contribution is 2.20. The number of benzene rings is 1. The monoisotopic (exact) mass is 343 g/mol. The summed E-state index contributed by atoms with van der Waals surface area (Å²) in [4.78, 5) is 11.9. The van der Waals surface area contributed by atoms with Crippen LogP contribution < -0.4 is 10.0 Å². The molecule has 0 aliphatic rings. The SMILES string of the molecule is Cc1cc(NC(=O)[C@@H](C)NS(=O)(=O)c2ccccc2Cl)no1. The highest BCUT2D eigenvalue weighted by molar-refractivity contribution is 7.89. The molecule has 0 bridgehead atoms. The lowest BCUT2D eigenvalue weighted by molar-refractivity contribution is -0.117. The van der Waals surface area contributed by atoms with Gasteiger partial charge in [-0.15, -0.1) is 0 Å². The number of aromatic nitrogens is 1. The fourth-order valence-corrected chi connectivity index (χ4v) is 3.39. The van der Waals surface area contributed by atoms with E-state index in [0.29, 0.717) is 5.76 Å². The van der Waals surface area contributed by atoms with Crippen molar-refractivity contribution in [2.75, 3.05) is 5.32 Å². The summed E-state index contributed by atoms with van der Waals surface area (Å²) in [6, 6.07) is 6.48. The van der Waals surface area contributed by atoms with Crippen molar-refractivity contribution in [3.8, 4) is 0 Å². The molecule has 9 heteroatoms. The van der Waals surface area contributed by atoms with Crippen molar-refractivity contribution < 1.29 is 17.7 Å². The van der Waals surface area contributed by atoms with Crippen molar-refractivity contribution in [3.63, 3.8) is 0 Å². The first-order valence-corrected chi connectivity index (χ1v) is 8.17. The van der Waals surface area contributed by atoms with Crippen molar-refractivity contribution >= 4 is 33.3 Å². The zero-order chi connectivity index (χ0) is 16.3. The molecule has 2 rings (SSSR count). The Morgan fingerprint density at radius 3 is 2.64 bits per heavy atom. The molecule has 0 unspecified atom stereocenters. The van der Waals surface area contributed by atoms with Gasteiger partial charge in [-0.2, -0.15) is 4.72 Å². The second-order valence-corrected chi connectivity index (χ2v) is 6.68. The maximum Gasteiger partial charge on any atom is 0.243 e. The number of rotatable bonds is 5. The third-order valence-electron chi connectivity index (χ3n) is 2.73. The molecular formula is C13H14ClN3O4S. The minimum Gasteiger partial charge on any atom is -0.360 e. The molecule has 0 spiro atoms. The first-order valence-electron chi connectivity index (χ1n) is 6.30. The van der Waals surface area contributed by atoms with E-state index in [1.165, 1.54) is 25.1 Å². The van der Waals surface area contributed by atoms with Crippen LogP contribution in [-0.2, 0) is 14.8 Å². The van der Waals surface area contributed by atoms with E-state index in [1.807, 2.05) is 0 Å². The molecule has 0 aliphatic carbocycles. The zero-order valence-corrected chi connectivity index (χ0v) is 13.4. The van der Waals surface area contributed by atoms with Gasteiger partial charge in [-0.05, 0) is 26.0 Å². The van der Waals surface area contributed by atoms with E-state index in [9.17, 15) is 13.2 Å². The number of aryl methyl sites for hydroxylation is 1. The number of hydrogen-bond acceptors (Lipinski definition) is 5. The summed E-state index contributed by atoms with van der Waals surface area (Å²) >= 11 is 5.86. The molecule has 0 saturated carbocycles. The number of carbonyl (C=O) groups is 1. The molecule has 1 aromatic carbocycles. The maximum atomic E-state index is 12.2. The number of nitrogens with zero attached hydrogens (tertiary/aromatic N) is 1. The summed E-state index contributed by atoms with van der Waals surface area (Å²) in [5, 5.41) is 6.13. The summed E-state index contributed by atoms with van der Waals surface area (Å²) in [6.45, 7) is 3.09. The molecule has 7 nitrogen and oxygen atoms in total. The van der Waals surface area contributed by atoms with Crippen molar-refractivity contribution in [1.82, 2.24) is 9.88 Å². The second-order valence-electron chi connectivity index (χ2n) is 4.59.